The molecule has 1 saturated heterocycles. The van der Waals surface area contributed by atoms with Gasteiger partial charge in [-0.1, -0.05) is 0 Å². The molecule has 0 aromatic carbocycles. The van der Waals surface area contributed by atoms with Crippen LogP contribution in [0.2, 0.25) is 0 Å². The fourth-order valence-electron chi connectivity index (χ4n) is 2.13. The summed E-state index contributed by atoms with van der Waals surface area (Å²) in [6.07, 6.45) is 2.60. The first-order chi connectivity index (χ1) is 8.86. The van der Waals surface area contributed by atoms with Crippen LogP contribution in [0.1, 0.15) is 43.3 Å². The highest BCUT2D eigenvalue weighted by Gasteiger charge is 2.28. The molecule has 1 aromatic rings. The summed E-state index contributed by atoms with van der Waals surface area (Å²) < 4.78 is 5.78. The van der Waals surface area contributed by atoms with Crippen LogP contribution in [-0.2, 0) is 4.74 Å². The van der Waals surface area contributed by atoms with E-state index < -0.39 is 0 Å². The second-order valence-corrected chi connectivity index (χ2v) is 5.93. The molecule has 1 aliphatic carbocycles. The highest BCUT2D eigenvalue weighted by Crippen LogP contribution is 2.40. The molecule has 18 heavy (non-hydrogen) atoms. The van der Waals surface area contributed by atoms with Crippen molar-refractivity contribution in [3.8, 4) is 0 Å². The largest absolute Gasteiger partial charge is 0.370 e. The zero-order valence-corrected chi connectivity index (χ0v) is 11.5. The van der Waals surface area contributed by atoms with Crippen molar-refractivity contribution in [3.05, 3.63) is 17.6 Å². The summed E-state index contributed by atoms with van der Waals surface area (Å²) in [5.41, 5.74) is 1.19. The second kappa shape index (κ2) is 5.45. The Morgan fingerprint density at radius 2 is 2.33 bits per heavy atom. The number of nitrogens with one attached hydrogen (secondary N) is 1. The van der Waals surface area contributed by atoms with Crippen molar-refractivity contribution in [3.63, 3.8) is 0 Å². The van der Waals surface area contributed by atoms with Gasteiger partial charge in [-0.05, 0) is 19.8 Å². The number of thioether (sulfide) groups is 1. The van der Waals surface area contributed by atoms with Crippen molar-refractivity contribution in [1.82, 2.24) is 9.97 Å². The minimum absolute atomic E-state index is 0.0693. The molecule has 2 fully saturated rings. The van der Waals surface area contributed by atoms with Crippen molar-refractivity contribution in [1.29, 1.82) is 0 Å². The molecule has 1 atom stereocenters. The highest BCUT2D eigenvalue weighted by molar-refractivity contribution is 7.99. The molecule has 2 heterocycles. The smallest absolute Gasteiger partial charge is 0.160 e. The monoisotopic (exact) mass is 265 g/mol. The van der Waals surface area contributed by atoms with Gasteiger partial charge in [-0.25, -0.2) is 9.97 Å². The summed E-state index contributed by atoms with van der Waals surface area (Å²) >= 11 is 1.92. The Hall–Kier alpha value is -0.810. The van der Waals surface area contributed by atoms with Crippen molar-refractivity contribution < 1.29 is 4.74 Å². The third kappa shape index (κ3) is 2.78. The lowest BCUT2D eigenvalue weighted by Crippen LogP contribution is -2.19. The summed E-state index contributed by atoms with van der Waals surface area (Å²) in [6, 6.07) is 2.10. The minimum atomic E-state index is 0.0693. The molecule has 1 aliphatic heterocycles. The quantitative estimate of drug-likeness (QED) is 0.906. The molecular weight excluding hydrogens is 246 g/mol. The fourth-order valence-corrected chi connectivity index (χ4v) is 2.97. The van der Waals surface area contributed by atoms with Gasteiger partial charge in [0, 0.05) is 35.7 Å². The van der Waals surface area contributed by atoms with E-state index in [2.05, 4.69) is 23.3 Å². The number of hydrogen-bond acceptors (Lipinski definition) is 5. The summed E-state index contributed by atoms with van der Waals surface area (Å²) in [5, 5.41) is 3.30. The Balaban J connectivity index is 1.86. The van der Waals surface area contributed by atoms with Crippen LogP contribution < -0.4 is 5.32 Å². The van der Waals surface area contributed by atoms with Crippen molar-refractivity contribution in [2.75, 3.05) is 30.0 Å². The zero-order valence-electron chi connectivity index (χ0n) is 10.7. The molecule has 0 bridgehead atoms. The van der Waals surface area contributed by atoms with Gasteiger partial charge in [0.2, 0.25) is 0 Å². The minimum Gasteiger partial charge on any atom is -0.370 e. The summed E-state index contributed by atoms with van der Waals surface area (Å²) in [4.78, 5) is 9.31. The van der Waals surface area contributed by atoms with Gasteiger partial charge in [-0.3, -0.25) is 0 Å². The van der Waals surface area contributed by atoms with Gasteiger partial charge in [0.05, 0.1) is 6.61 Å². The summed E-state index contributed by atoms with van der Waals surface area (Å²) in [6.45, 7) is 3.79. The molecule has 0 amide bonds. The molecular formula is C13H19N3OS. The SMILES string of the molecule is CCNc1cc(C2CC2)nc(C2CSCCO2)n1. The van der Waals surface area contributed by atoms with Gasteiger partial charge >= 0.3 is 0 Å². The van der Waals surface area contributed by atoms with Crippen molar-refractivity contribution in [2.45, 2.75) is 31.8 Å². The normalized spacial score (nSPS) is 23.9. The zero-order chi connectivity index (χ0) is 12.4. The van der Waals surface area contributed by atoms with Gasteiger partial charge in [-0.15, -0.1) is 0 Å². The van der Waals surface area contributed by atoms with Gasteiger partial charge in [0.25, 0.3) is 0 Å². The molecule has 1 unspecified atom stereocenters. The lowest BCUT2D eigenvalue weighted by Gasteiger charge is -2.22. The van der Waals surface area contributed by atoms with Crippen LogP contribution in [0.15, 0.2) is 6.07 Å². The lowest BCUT2D eigenvalue weighted by molar-refractivity contribution is 0.0693. The maximum atomic E-state index is 5.78. The Bertz CT molecular complexity index is 417. The predicted octanol–water partition coefficient (Wildman–Crippen LogP) is 2.59. The molecule has 1 saturated carbocycles. The average molecular weight is 265 g/mol. The van der Waals surface area contributed by atoms with Crippen LogP contribution in [0.4, 0.5) is 5.82 Å². The van der Waals surface area contributed by atoms with E-state index >= 15 is 0 Å². The van der Waals surface area contributed by atoms with E-state index in [4.69, 9.17) is 9.72 Å². The molecule has 1 N–H and O–H groups in total. The van der Waals surface area contributed by atoms with E-state index in [1.54, 1.807) is 0 Å². The Morgan fingerprint density at radius 1 is 1.44 bits per heavy atom. The van der Waals surface area contributed by atoms with E-state index in [1.165, 1.54) is 18.5 Å². The number of nitrogens with zero attached hydrogens (tertiary/aromatic N) is 2. The van der Waals surface area contributed by atoms with E-state index in [0.717, 1.165) is 36.3 Å². The van der Waals surface area contributed by atoms with Crippen molar-refractivity contribution >= 4 is 17.6 Å². The van der Waals surface area contributed by atoms with Crippen molar-refractivity contribution in [2.24, 2.45) is 0 Å². The first-order valence-corrected chi connectivity index (χ1v) is 7.84. The van der Waals surface area contributed by atoms with E-state index in [-0.39, 0.29) is 6.10 Å². The Labute approximate surface area is 112 Å². The summed E-state index contributed by atoms with van der Waals surface area (Å²) in [7, 11) is 0. The van der Waals surface area contributed by atoms with Gasteiger partial charge in [0.1, 0.15) is 11.9 Å². The van der Waals surface area contributed by atoms with Crippen LogP contribution in [0.5, 0.6) is 0 Å². The first-order valence-electron chi connectivity index (χ1n) is 6.69. The van der Waals surface area contributed by atoms with E-state index in [9.17, 15) is 0 Å². The van der Waals surface area contributed by atoms with E-state index in [1.807, 2.05) is 11.8 Å². The molecule has 0 radical (unpaired) electrons. The third-order valence-corrected chi connectivity index (χ3v) is 4.21. The maximum Gasteiger partial charge on any atom is 0.160 e. The topological polar surface area (TPSA) is 47.0 Å². The summed E-state index contributed by atoms with van der Waals surface area (Å²) in [5.74, 6) is 4.52. The van der Waals surface area contributed by atoms with Gasteiger partial charge in [0.15, 0.2) is 5.82 Å². The number of ether oxygens (including phenoxy) is 1. The molecule has 98 valence electrons. The second-order valence-electron chi connectivity index (χ2n) is 4.78. The number of rotatable bonds is 4. The molecule has 2 aliphatic rings. The molecule has 0 spiro atoms. The van der Waals surface area contributed by atoms with Crippen LogP contribution in [0.3, 0.4) is 0 Å². The van der Waals surface area contributed by atoms with Gasteiger partial charge in [-0.2, -0.15) is 11.8 Å². The van der Waals surface area contributed by atoms with Crippen LogP contribution in [0.25, 0.3) is 0 Å². The van der Waals surface area contributed by atoms with Crippen LogP contribution in [0, 0.1) is 0 Å². The lowest BCUT2D eigenvalue weighted by atomic mass is 10.2. The highest BCUT2D eigenvalue weighted by atomic mass is 32.2. The Kier molecular flexibility index (Phi) is 3.70. The first kappa shape index (κ1) is 12.2. The molecule has 4 nitrogen and oxygen atoms in total. The van der Waals surface area contributed by atoms with Crippen LogP contribution >= 0.6 is 11.8 Å². The molecule has 3 rings (SSSR count). The fraction of sp³-hybridized carbons (Fsp3) is 0.692. The van der Waals surface area contributed by atoms with E-state index in [0.29, 0.717) is 5.92 Å². The third-order valence-electron chi connectivity index (χ3n) is 3.22. The Morgan fingerprint density at radius 3 is 3.00 bits per heavy atom. The van der Waals surface area contributed by atoms with Gasteiger partial charge < -0.3 is 10.1 Å². The molecule has 5 heteroatoms. The molecule has 1 aromatic heterocycles. The predicted molar refractivity (Wildman–Crippen MR) is 74.2 cm³/mol. The number of anilines is 1. The average Bonchev–Trinajstić information content (AvgIpc) is 3.24. The number of hydrogen-bond donors (Lipinski definition) is 1. The van der Waals surface area contributed by atoms with Crippen LogP contribution in [-0.4, -0.2) is 34.6 Å². The maximum absolute atomic E-state index is 5.78. The number of aromatic nitrogens is 2. The standard InChI is InChI=1S/C13H19N3OS/c1-2-14-12-7-10(9-3-4-9)15-13(16-12)11-8-18-6-5-17-11/h7,9,11H,2-6,8H2,1H3,(H,14,15,16).